The van der Waals surface area contributed by atoms with Crippen molar-refractivity contribution in [3.8, 4) is 0 Å². The summed E-state index contributed by atoms with van der Waals surface area (Å²) in [6.07, 6.45) is 3.25. The molecular formula is C19H21ClN4O2. The van der Waals surface area contributed by atoms with E-state index in [1.807, 2.05) is 24.3 Å². The van der Waals surface area contributed by atoms with Crippen molar-refractivity contribution in [1.29, 1.82) is 0 Å². The van der Waals surface area contributed by atoms with Crippen LogP contribution >= 0.6 is 11.6 Å². The highest BCUT2D eigenvalue weighted by Gasteiger charge is 2.23. The largest absolute Gasteiger partial charge is 0.380 e. The van der Waals surface area contributed by atoms with Crippen LogP contribution in [0.5, 0.6) is 0 Å². The Kier molecular flexibility index (Phi) is 5.73. The molecule has 0 bridgehead atoms. The van der Waals surface area contributed by atoms with E-state index in [9.17, 15) is 9.59 Å². The van der Waals surface area contributed by atoms with Crippen LogP contribution in [0.2, 0.25) is 5.02 Å². The van der Waals surface area contributed by atoms with Crippen LogP contribution in [0.25, 0.3) is 0 Å². The first-order valence-electron chi connectivity index (χ1n) is 8.51. The molecule has 0 spiro atoms. The fraction of sp³-hybridized carbons (Fsp3) is 0.316. The zero-order valence-electron chi connectivity index (χ0n) is 14.6. The number of anilines is 1. The smallest absolute Gasteiger partial charge is 0.255 e. The summed E-state index contributed by atoms with van der Waals surface area (Å²) in [4.78, 5) is 31.8. The normalized spacial score (nSPS) is 14.2. The van der Waals surface area contributed by atoms with Gasteiger partial charge in [-0.15, -0.1) is 0 Å². The van der Waals surface area contributed by atoms with E-state index in [4.69, 9.17) is 11.6 Å². The van der Waals surface area contributed by atoms with Gasteiger partial charge >= 0.3 is 0 Å². The monoisotopic (exact) mass is 372 g/mol. The quantitative estimate of drug-likeness (QED) is 0.896. The summed E-state index contributed by atoms with van der Waals surface area (Å²) in [5.41, 5.74) is 2.27. The number of carbonyl (C=O) groups excluding carboxylic acids is 2. The molecule has 0 unspecified atom stereocenters. The van der Waals surface area contributed by atoms with Gasteiger partial charge in [-0.05, 0) is 17.7 Å². The van der Waals surface area contributed by atoms with Crippen LogP contribution < -0.4 is 5.32 Å². The lowest BCUT2D eigenvalue weighted by Gasteiger charge is -2.34. The molecule has 1 aliphatic rings. The lowest BCUT2D eigenvalue weighted by molar-refractivity contribution is -0.130. The average Bonchev–Trinajstić information content (AvgIpc) is 2.67. The molecule has 3 rings (SSSR count). The Hall–Kier alpha value is -2.60. The summed E-state index contributed by atoms with van der Waals surface area (Å²) in [6, 6.07) is 9.41. The molecule has 1 N–H and O–H groups in total. The van der Waals surface area contributed by atoms with Crippen molar-refractivity contribution in [2.75, 3.05) is 31.5 Å². The number of pyridine rings is 1. The number of amides is 2. The topological polar surface area (TPSA) is 65.5 Å². The molecule has 0 atom stereocenters. The maximum atomic E-state index is 12.7. The van der Waals surface area contributed by atoms with Crippen LogP contribution in [-0.2, 0) is 11.3 Å². The molecule has 1 fully saturated rings. The standard InChI is InChI=1S/C19H21ClN4O2/c1-14(25)23-6-8-24(9-7-23)19(26)16-10-17(13-21-11-16)22-12-15-4-2-3-5-18(15)20/h2-5,10-11,13,22H,6-9,12H2,1H3. The number of piperazine rings is 1. The Morgan fingerprint density at radius 3 is 2.50 bits per heavy atom. The maximum absolute atomic E-state index is 12.7. The molecule has 7 heteroatoms. The van der Waals surface area contributed by atoms with Gasteiger partial charge in [0.15, 0.2) is 0 Å². The number of aromatic nitrogens is 1. The van der Waals surface area contributed by atoms with E-state index in [-0.39, 0.29) is 11.8 Å². The minimum atomic E-state index is -0.0675. The predicted molar refractivity (Wildman–Crippen MR) is 101 cm³/mol. The highest BCUT2D eigenvalue weighted by atomic mass is 35.5. The molecule has 1 aromatic heterocycles. The molecule has 0 radical (unpaired) electrons. The van der Waals surface area contributed by atoms with Crippen molar-refractivity contribution in [2.45, 2.75) is 13.5 Å². The van der Waals surface area contributed by atoms with Gasteiger partial charge in [-0.2, -0.15) is 0 Å². The van der Waals surface area contributed by atoms with Crippen LogP contribution in [0.3, 0.4) is 0 Å². The second kappa shape index (κ2) is 8.19. The molecule has 1 aromatic carbocycles. The average molecular weight is 373 g/mol. The number of rotatable bonds is 4. The van der Waals surface area contributed by atoms with Crippen LogP contribution in [-0.4, -0.2) is 52.8 Å². The second-order valence-corrected chi connectivity index (χ2v) is 6.61. The Morgan fingerprint density at radius 1 is 1.12 bits per heavy atom. The van der Waals surface area contributed by atoms with Crippen molar-refractivity contribution in [1.82, 2.24) is 14.8 Å². The first-order chi connectivity index (χ1) is 12.5. The molecule has 0 saturated carbocycles. The zero-order chi connectivity index (χ0) is 18.5. The van der Waals surface area contributed by atoms with Gasteiger partial charge in [-0.3, -0.25) is 14.6 Å². The van der Waals surface area contributed by atoms with Gasteiger partial charge in [0, 0.05) is 57.1 Å². The number of nitrogens with zero attached hydrogens (tertiary/aromatic N) is 3. The minimum absolute atomic E-state index is 0.0459. The molecule has 26 heavy (non-hydrogen) atoms. The zero-order valence-corrected chi connectivity index (χ0v) is 15.4. The molecule has 2 heterocycles. The fourth-order valence-corrected chi connectivity index (χ4v) is 3.10. The van der Waals surface area contributed by atoms with Gasteiger partial charge in [0.1, 0.15) is 0 Å². The van der Waals surface area contributed by atoms with E-state index in [0.717, 1.165) is 11.3 Å². The third-order valence-corrected chi connectivity index (χ3v) is 4.81. The van der Waals surface area contributed by atoms with Crippen LogP contribution in [0.15, 0.2) is 42.7 Å². The van der Waals surface area contributed by atoms with Crippen molar-refractivity contribution < 1.29 is 9.59 Å². The summed E-state index contributed by atoms with van der Waals surface area (Å²) in [6.45, 7) is 4.31. The molecule has 1 aliphatic heterocycles. The van der Waals surface area contributed by atoms with Gasteiger partial charge in [-0.1, -0.05) is 29.8 Å². The number of nitrogens with one attached hydrogen (secondary N) is 1. The number of hydrogen-bond acceptors (Lipinski definition) is 4. The highest BCUT2D eigenvalue weighted by Crippen LogP contribution is 2.18. The Labute approximate surface area is 157 Å². The van der Waals surface area contributed by atoms with E-state index < -0.39 is 0 Å². The van der Waals surface area contributed by atoms with Crippen LogP contribution in [0.1, 0.15) is 22.8 Å². The first kappa shape index (κ1) is 18.2. The van der Waals surface area contributed by atoms with Crippen molar-refractivity contribution in [3.05, 3.63) is 58.9 Å². The maximum Gasteiger partial charge on any atom is 0.255 e. The van der Waals surface area contributed by atoms with E-state index in [1.165, 1.54) is 0 Å². The first-order valence-corrected chi connectivity index (χ1v) is 8.89. The number of hydrogen-bond donors (Lipinski definition) is 1. The van der Waals surface area contributed by atoms with Gasteiger partial charge < -0.3 is 15.1 Å². The van der Waals surface area contributed by atoms with Gasteiger partial charge in [0.05, 0.1) is 11.3 Å². The van der Waals surface area contributed by atoms with Gasteiger partial charge in [0.25, 0.3) is 5.91 Å². The predicted octanol–water partition coefficient (Wildman–Crippen LogP) is 2.65. The molecular weight excluding hydrogens is 352 g/mol. The Bertz CT molecular complexity index is 804. The van der Waals surface area contributed by atoms with E-state index >= 15 is 0 Å². The highest BCUT2D eigenvalue weighted by molar-refractivity contribution is 6.31. The molecule has 2 amide bonds. The summed E-state index contributed by atoms with van der Waals surface area (Å²) < 4.78 is 0. The Balaban J connectivity index is 1.63. The SMILES string of the molecule is CC(=O)N1CCN(C(=O)c2cncc(NCc3ccccc3Cl)c2)CC1. The second-order valence-electron chi connectivity index (χ2n) is 6.21. The molecule has 1 saturated heterocycles. The third kappa shape index (κ3) is 4.32. The minimum Gasteiger partial charge on any atom is -0.380 e. The van der Waals surface area contributed by atoms with Crippen LogP contribution in [0.4, 0.5) is 5.69 Å². The number of benzene rings is 1. The van der Waals surface area contributed by atoms with Crippen molar-refractivity contribution in [3.63, 3.8) is 0 Å². The van der Waals surface area contributed by atoms with Crippen molar-refractivity contribution in [2.24, 2.45) is 0 Å². The summed E-state index contributed by atoms with van der Waals surface area (Å²) in [7, 11) is 0. The molecule has 0 aliphatic carbocycles. The fourth-order valence-electron chi connectivity index (χ4n) is 2.90. The molecule has 2 aromatic rings. The third-order valence-electron chi connectivity index (χ3n) is 4.44. The lowest BCUT2D eigenvalue weighted by Crippen LogP contribution is -2.50. The summed E-state index contributed by atoms with van der Waals surface area (Å²) in [5, 5.41) is 3.95. The van der Waals surface area contributed by atoms with Crippen molar-refractivity contribution >= 4 is 29.1 Å². The van der Waals surface area contributed by atoms with Gasteiger partial charge in [-0.25, -0.2) is 0 Å². The van der Waals surface area contributed by atoms with E-state index in [1.54, 1.807) is 35.2 Å². The summed E-state index contributed by atoms with van der Waals surface area (Å²) >= 11 is 6.16. The molecule has 6 nitrogen and oxygen atoms in total. The van der Waals surface area contributed by atoms with Gasteiger partial charge in [0.2, 0.25) is 5.91 Å². The number of halogens is 1. The summed E-state index contributed by atoms with van der Waals surface area (Å²) in [5.74, 6) is -0.0216. The Morgan fingerprint density at radius 2 is 1.81 bits per heavy atom. The number of carbonyl (C=O) groups is 2. The lowest BCUT2D eigenvalue weighted by atomic mass is 10.2. The van der Waals surface area contributed by atoms with E-state index in [0.29, 0.717) is 43.3 Å². The van der Waals surface area contributed by atoms with Crippen LogP contribution in [0, 0.1) is 0 Å². The molecule has 136 valence electrons. The van der Waals surface area contributed by atoms with E-state index in [2.05, 4.69) is 10.3 Å².